The van der Waals surface area contributed by atoms with E-state index in [0.29, 0.717) is 6.61 Å². The summed E-state index contributed by atoms with van der Waals surface area (Å²) < 4.78 is 23.5. The summed E-state index contributed by atoms with van der Waals surface area (Å²) in [5.74, 6) is 1.25. The van der Waals surface area contributed by atoms with E-state index in [1.165, 1.54) is 16.0 Å². The Labute approximate surface area is 155 Å². The summed E-state index contributed by atoms with van der Waals surface area (Å²) in [5, 5.41) is 0. The lowest BCUT2D eigenvalue weighted by molar-refractivity contribution is -0.224. The van der Waals surface area contributed by atoms with Crippen molar-refractivity contribution in [2.24, 2.45) is 5.92 Å². The van der Waals surface area contributed by atoms with Crippen molar-refractivity contribution < 1.29 is 18.9 Å². The van der Waals surface area contributed by atoms with Crippen LogP contribution in [0, 0.1) is 5.92 Å². The number of thioether (sulfide) groups is 1. The van der Waals surface area contributed by atoms with Crippen LogP contribution in [0.2, 0.25) is 0 Å². The molecule has 0 saturated carbocycles. The Morgan fingerprint density at radius 1 is 1.12 bits per heavy atom. The first-order chi connectivity index (χ1) is 11.9. The molecule has 25 heavy (non-hydrogen) atoms. The van der Waals surface area contributed by atoms with Gasteiger partial charge in [0, 0.05) is 37.9 Å². The van der Waals surface area contributed by atoms with E-state index >= 15 is 0 Å². The summed E-state index contributed by atoms with van der Waals surface area (Å²) in [6.45, 7) is 7.24. The van der Waals surface area contributed by atoms with Crippen molar-refractivity contribution in [3.8, 4) is 0 Å². The zero-order chi connectivity index (χ0) is 18.2. The van der Waals surface area contributed by atoms with Gasteiger partial charge in [-0.15, -0.1) is 11.8 Å². The normalized spacial score (nSPS) is 32.2. The molecule has 0 aliphatic carbocycles. The molecule has 4 nitrogen and oxygen atoms in total. The summed E-state index contributed by atoms with van der Waals surface area (Å²) in [6.07, 6.45) is -0.215. The van der Waals surface area contributed by atoms with Gasteiger partial charge >= 0.3 is 0 Å². The fourth-order valence-corrected chi connectivity index (χ4v) is 5.17. The second kappa shape index (κ2) is 7.57. The molecule has 5 atom stereocenters. The van der Waals surface area contributed by atoms with Crippen LogP contribution in [0.3, 0.4) is 0 Å². The summed E-state index contributed by atoms with van der Waals surface area (Å²) in [5.41, 5.74) is 2.73. The first-order valence-electron chi connectivity index (χ1n) is 8.88. The molecule has 5 heteroatoms. The summed E-state index contributed by atoms with van der Waals surface area (Å²) in [6, 6.07) is 6.81. The van der Waals surface area contributed by atoms with Crippen LogP contribution in [0.15, 0.2) is 23.1 Å². The second-order valence-electron chi connectivity index (χ2n) is 7.93. The van der Waals surface area contributed by atoms with Crippen LogP contribution in [-0.4, -0.2) is 52.0 Å². The molecule has 0 radical (unpaired) electrons. The van der Waals surface area contributed by atoms with Crippen molar-refractivity contribution in [1.29, 1.82) is 0 Å². The Morgan fingerprint density at radius 2 is 1.84 bits per heavy atom. The molecule has 2 aliphatic heterocycles. The van der Waals surface area contributed by atoms with E-state index in [9.17, 15) is 0 Å². The lowest BCUT2D eigenvalue weighted by atomic mass is 9.81. The van der Waals surface area contributed by atoms with Gasteiger partial charge in [-0.05, 0) is 22.6 Å². The molecule has 1 fully saturated rings. The van der Waals surface area contributed by atoms with E-state index in [4.69, 9.17) is 18.9 Å². The van der Waals surface area contributed by atoms with Gasteiger partial charge in [-0.25, -0.2) is 0 Å². The number of hydrogen-bond donors (Lipinski definition) is 0. The van der Waals surface area contributed by atoms with Gasteiger partial charge in [-0.2, -0.15) is 0 Å². The third-order valence-corrected chi connectivity index (χ3v) is 6.55. The number of methoxy groups -OCH3 is 3. The van der Waals surface area contributed by atoms with E-state index in [0.717, 1.165) is 5.75 Å². The minimum atomic E-state index is -0.129. The van der Waals surface area contributed by atoms with Crippen molar-refractivity contribution in [3.63, 3.8) is 0 Å². The van der Waals surface area contributed by atoms with Gasteiger partial charge in [0.25, 0.3) is 0 Å². The van der Waals surface area contributed by atoms with Crippen LogP contribution in [0.5, 0.6) is 0 Å². The molecule has 140 valence electrons. The number of rotatable bonds is 4. The SMILES string of the molecule is COC[C@H]1O[C@@H]2c3cc(C(C)(C)C)ccc3SC[C@@H]2[C@@H](OC)[C@@H]1OC. The van der Waals surface area contributed by atoms with E-state index in [-0.39, 0.29) is 35.7 Å². The lowest BCUT2D eigenvalue weighted by Crippen LogP contribution is -2.55. The van der Waals surface area contributed by atoms with Gasteiger partial charge in [-0.1, -0.05) is 32.9 Å². The molecule has 2 aliphatic rings. The van der Waals surface area contributed by atoms with Gasteiger partial charge in [-0.3, -0.25) is 0 Å². The molecule has 3 rings (SSSR count). The van der Waals surface area contributed by atoms with Crippen molar-refractivity contribution in [2.45, 2.75) is 55.5 Å². The maximum Gasteiger partial charge on any atom is 0.112 e. The summed E-state index contributed by atoms with van der Waals surface area (Å²) in [4.78, 5) is 1.32. The zero-order valence-electron chi connectivity index (χ0n) is 16.1. The van der Waals surface area contributed by atoms with Crippen LogP contribution in [0.1, 0.15) is 38.0 Å². The fourth-order valence-electron chi connectivity index (χ4n) is 3.93. The highest BCUT2D eigenvalue weighted by molar-refractivity contribution is 7.99. The van der Waals surface area contributed by atoms with E-state index in [1.54, 1.807) is 21.3 Å². The van der Waals surface area contributed by atoms with Crippen molar-refractivity contribution in [1.82, 2.24) is 0 Å². The quantitative estimate of drug-likeness (QED) is 0.810. The topological polar surface area (TPSA) is 36.9 Å². The fraction of sp³-hybridized carbons (Fsp3) is 0.700. The monoisotopic (exact) mass is 366 g/mol. The average molecular weight is 367 g/mol. The Balaban J connectivity index is 1.99. The maximum atomic E-state index is 6.52. The maximum absolute atomic E-state index is 6.52. The molecule has 1 aromatic carbocycles. The van der Waals surface area contributed by atoms with Gasteiger partial charge in [0.1, 0.15) is 12.2 Å². The Bertz CT molecular complexity index is 598. The van der Waals surface area contributed by atoms with Gasteiger partial charge in [0.2, 0.25) is 0 Å². The zero-order valence-corrected chi connectivity index (χ0v) is 16.9. The first-order valence-corrected chi connectivity index (χ1v) is 9.86. The van der Waals surface area contributed by atoms with Crippen molar-refractivity contribution in [2.75, 3.05) is 33.7 Å². The summed E-state index contributed by atoms with van der Waals surface area (Å²) >= 11 is 1.89. The van der Waals surface area contributed by atoms with Crippen LogP contribution in [0.25, 0.3) is 0 Å². The van der Waals surface area contributed by atoms with Gasteiger partial charge in [0.05, 0.1) is 18.8 Å². The van der Waals surface area contributed by atoms with Crippen LogP contribution in [0.4, 0.5) is 0 Å². The van der Waals surface area contributed by atoms with Crippen LogP contribution in [-0.2, 0) is 24.4 Å². The first kappa shape index (κ1) is 19.2. The Kier molecular flexibility index (Phi) is 5.81. The molecular weight excluding hydrogens is 336 g/mol. The molecule has 0 spiro atoms. The largest absolute Gasteiger partial charge is 0.382 e. The predicted molar refractivity (Wildman–Crippen MR) is 100 cm³/mol. The summed E-state index contributed by atoms with van der Waals surface area (Å²) in [7, 11) is 5.20. The third-order valence-electron chi connectivity index (χ3n) is 5.31. The smallest absolute Gasteiger partial charge is 0.112 e. The van der Waals surface area contributed by atoms with Crippen molar-refractivity contribution in [3.05, 3.63) is 29.3 Å². The molecule has 0 unspecified atom stereocenters. The second-order valence-corrected chi connectivity index (χ2v) is 8.99. The average Bonchev–Trinajstić information content (AvgIpc) is 2.59. The molecule has 0 N–H and O–H groups in total. The third kappa shape index (κ3) is 3.62. The Hall–Kier alpha value is -0.590. The molecule has 1 aromatic rings. The molecule has 2 heterocycles. The highest BCUT2D eigenvalue weighted by Gasteiger charge is 2.49. The minimum Gasteiger partial charge on any atom is -0.382 e. The van der Waals surface area contributed by atoms with E-state index < -0.39 is 0 Å². The predicted octanol–water partition coefficient (Wildman–Crippen LogP) is 3.82. The molecule has 0 amide bonds. The standard InChI is InChI=1S/C20H30O4S/c1-20(2,3)12-7-8-16-13(9-12)17-14(11-25-16)18(22-5)19(23-6)15(24-17)10-21-4/h7-9,14-15,17-19H,10-11H2,1-6H3/t14-,15+,17+,18+,19+/m0/s1. The van der Waals surface area contributed by atoms with Crippen LogP contribution >= 0.6 is 11.8 Å². The number of hydrogen-bond acceptors (Lipinski definition) is 5. The number of fused-ring (bicyclic) bond motifs is 3. The van der Waals surface area contributed by atoms with Crippen LogP contribution < -0.4 is 0 Å². The van der Waals surface area contributed by atoms with Gasteiger partial charge < -0.3 is 18.9 Å². The molecule has 1 saturated heterocycles. The highest BCUT2D eigenvalue weighted by Crippen LogP contribution is 2.49. The molecular formula is C20H30O4S. The van der Waals surface area contributed by atoms with Crippen molar-refractivity contribution >= 4 is 11.8 Å². The Morgan fingerprint density at radius 3 is 2.44 bits per heavy atom. The van der Waals surface area contributed by atoms with E-state index in [2.05, 4.69) is 39.0 Å². The minimum absolute atomic E-state index is 0.00263. The van der Waals surface area contributed by atoms with Gasteiger partial charge in [0.15, 0.2) is 0 Å². The molecule has 0 aromatic heterocycles. The number of ether oxygens (including phenoxy) is 4. The van der Waals surface area contributed by atoms with E-state index in [1.807, 2.05) is 11.8 Å². The number of benzene rings is 1. The lowest BCUT2D eigenvalue weighted by Gasteiger charge is -2.48. The molecule has 0 bridgehead atoms. The highest BCUT2D eigenvalue weighted by atomic mass is 32.2.